The van der Waals surface area contributed by atoms with Gasteiger partial charge in [-0.15, -0.1) is 0 Å². The number of methoxy groups -OCH3 is 1. The highest BCUT2D eigenvalue weighted by atomic mass is 19.1. The van der Waals surface area contributed by atoms with Gasteiger partial charge in [-0.25, -0.2) is 4.39 Å². The van der Waals surface area contributed by atoms with E-state index in [2.05, 4.69) is 5.32 Å². The summed E-state index contributed by atoms with van der Waals surface area (Å²) in [5, 5.41) is 12.4. The van der Waals surface area contributed by atoms with Crippen molar-refractivity contribution in [1.82, 2.24) is 5.32 Å². The fourth-order valence-corrected chi connectivity index (χ4v) is 2.08. The Morgan fingerprint density at radius 2 is 2.15 bits per heavy atom. The standard InChI is InChI=1S/C14H20FNO4/c1-4-20-13(18)16-14(2,12(9-17)19-3)10-7-5-6-8-11(10)15/h5-9,12-13,16,18H,4H2,1-3H3. The van der Waals surface area contributed by atoms with Crippen LogP contribution in [0.15, 0.2) is 24.3 Å². The maximum Gasteiger partial charge on any atom is 0.214 e. The van der Waals surface area contributed by atoms with Gasteiger partial charge in [0.05, 0.1) is 5.54 Å². The third-order valence-corrected chi connectivity index (χ3v) is 3.13. The van der Waals surface area contributed by atoms with Crippen LogP contribution in [-0.4, -0.2) is 37.6 Å². The first-order valence-electron chi connectivity index (χ1n) is 6.30. The molecule has 0 saturated carbocycles. The molecule has 5 nitrogen and oxygen atoms in total. The second kappa shape index (κ2) is 7.44. The molecule has 3 atom stereocenters. The summed E-state index contributed by atoms with van der Waals surface area (Å²) in [5.41, 5.74) is -1.06. The number of aliphatic hydroxyl groups is 1. The summed E-state index contributed by atoms with van der Waals surface area (Å²) in [4.78, 5) is 11.2. The molecule has 20 heavy (non-hydrogen) atoms. The van der Waals surface area contributed by atoms with Crippen molar-refractivity contribution in [1.29, 1.82) is 0 Å². The first-order chi connectivity index (χ1) is 9.49. The van der Waals surface area contributed by atoms with E-state index in [1.165, 1.54) is 19.2 Å². The average Bonchev–Trinajstić information content (AvgIpc) is 2.40. The summed E-state index contributed by atoms with van der Waals surface area (Å²) in [6, 6.07) is 5.99. The molecule has 0 radical (unpaired) electrons. The summed E-state index contributed by atoms with van der Waals surface area (Å²) < 4.78 is 24.1. The van der Waals surface area contributed by atoms with E-state index in [1.54, 1.807) is 26.0 Å². The predicted molar refractivity (Wildman–Crippen MR) is 71.4 cm³/mol. The second-order valence-corrected chi connectivity index (χ2v) is 4.43. The number of nitrogens with one attached hydrogen (secondary N) is 1. The highest BCUT2D eigenvalue weighted by Crippen LogP contribution is 2.28. The molecular weight excluding hydrogens is 265 g/mol. The molecule has 2 N–H and O–H groups in total. The van der Waals surface area contributed by atoms with Crippen LogP contribution in [0.5, 0.6) is 0 Å². The maximum absolute atomic E-state index is 14.0. The number of rotatable bonds is 8. The van der Waals surface area contributed by atoms with E-state index in [1.807, 2.05) is 0 Å². The Bertz CT molecular complexity index is 443. The van der Waals surface area contributed by atoms with Gasteiger partial charge in [0.1, 0.15) is 11.9 Å². The lowest BCUT2D eigenvalue weighted by Crippen LogP contribution is -2.55. The summed E-state index contributed by atoms with van der Waals surface area (Å²) in [6.45, 7) is 3.54. The molecule has 0 bridgehead atoms. The maximum atomic E-state index is 14.0. The Labute approximate surface area is 117 Å². The van der Waals surface area contributed by atoms with Crippen molar-refractivity contribution in [2.24, 2.45) is 0 Å². The number of hydrogen-bond donors (Lipinski definition) is 2. The van der Waals surface area contributed by atoms with Crippen molar-refractivity contribution in [2.75, 3.05) is 13.7 Å². The fourth-order valence-electron chi connectivity index (χ4n) is 2.08. The SMILES string of the molecule is CCOC(O)NC(C)(c1ccccc1F)C(C=O)OC. The predicted octanol–water partition coefficient (Wildman–Crippen LogP) is 1.16. The average molecular weight is 285 g/mol. The van der Waals surface area contributed by atoms with E-state index < -0.39 is 23.9 Å². The number of hydrogen-bond acceptors (Lipinski definition) is 5. The number of benzene rings is 1. The Morgan fingerprint density at radius 1 is 1.50 bits per heavy atom. The highest BCUT2D eigenvalue weighted by Gasteiger charge is 2.39. The normalized spacial score (nSPS) is 17.2. The highest BCUT2D eigenvalue weighted by molar-refractivity contribution is 5.60. The molecule has 1 rings (SSSR count). The van der Waals surface area contributed by atoms with Gasteiger partial charge in [-0.3, -0.25) is 5.32 Å². The first kappa shape index (κ1) is 16.7. The Kier molecular flexibility index (Phi) is 6.22. The zero-order valence-corrected chi connectivity index (χ0v) is 11.8. The van der Waals surface area contributed by atoms with Crippen LogP contribution in [0.3, 0.4) is 0 Å². The van der Waals surface area contributed by atoms with Crippen LogP contribution in [0.1, 0.15) is 19.4 Å². The lowest BCUT2D eigenvalue weighted by atomic mass is 9.86. The number of aliphatic hydroxyl groups excluding tert-OH is 1. The number of carbonyl (C=O) groups excluding carboxylic acids is 1. The van der Waals surface area contributed by atoms with Crippen molar-refractivity contribution in [2.45, 2.75) is 31.9 Å². The van der Waals surface area contributed by atoms with Gasteiger partial charge in [0.2, 0.25) is 6.41 Å². The second-order valence-electron chi connectivity index (χ2n) is 4.43. The molecule has 6 heteroatoms. The van der Waals surface area contributed by atoms with Crippen molar-refractivity contribution in [3.05, 3.63) is 35.6 Å². The smallest absolute Gasteiger partial charge is 0.214 e. The molecule has 112 valence electrons. The van der Waals surface area contributed by atoms with Gasteiger partial charge >= 0.3 is 0 Å². The number of aldehydes is 1. The molecule has 0 aliphatic rings. The van der Waals surface area contributed by atoms with Crippen molar-refractivity contribution >= 4 is 6.29 Å². The van der Waals surface area contributed by atoms with E-state index >= 15 is 0 Å². The molecule has 0 fully saturated rings. The lowest BCUT2D eigenvalue weighted by Gasteiger charge is -2.37. The van der Waals surface area contributed by atoms with Crippen LogP contribution < -0.4 is 5.32 Å². The van der Waals surface area contributed by atoms with E-state index in [0.29, 0.717) is 6.29 Å². The molecular formula is C14H20FNO4. The van der Waals surface area contributed by atoms with Crippen molar-refractivity contribution < 1.29 is 23.8 Å². The molecule has 0 aliphatic heterocycles. The number of carbonyl (C=O) groups is 1. The lowest BCUT2D eigenvalue weighted by molar-refractivity contribution is -0.150. The molecule has 1 aromatic rings. The van der Waals surface area contributed by atoms with Crippen LogP contribution in [0.4, 0.5) is 4.39 Å². The van der Waals surface area contributed by atoms with Gasteiger partial charge in [-0.2, -0.15) is 0 Å². The molecule has 0 amide bonds. The van der Waals surface area contributed by atoms with Gasteiger partial charge < -0.3 is 19.4 Å². The molecule has 0 aliphatic carbocycles. The van der Waals surface area contributed by atoms with Crippen LogP contribution in [-0.2, 0) is 19.8 Å². The topological polar surface area (TPSA) is 67.8 Å². The van der Waals surface area contributed by atoms with E-state index in [4.69, 9.17) is 9.47 Å². The summed E-state index contributed by atoms with van der Waals surface area (Å²) in [6.07, 6.45) is -1.78. The van der Waals surface area contributed by atoms with Gasteiger partial charge in [0.25, 0.3) is 0 Å². The first-order valence-corrected chi connectivity index (χ1v) is 6.30. The van der Waals surface area contributed by atoms with Gasteiger partial charge in [-0.05, 0) is 19.9 Å². The minimum Gasteiger partial charge on any atom is -0.372 e. The van der Waals surface area contributed by atoms with Gasteiger partial charge in [-0.1, -0.05) is 18.2 Å². The van der Waals surface area contributed by atoms with Crippen molar-refractivity contribution in [3.8, 4) is 0 Å². The van der Waals surface area contributed by atoms with E-state index in [9.17, 15) is 14.3 Å². The third-order valence-electron chi connectivity index (χ3n) is 3.13. The Hall–Kier alpha value is -1.34. The Morgan fingerprint density at radius 3 is 2.65 bits per heavy atom. The zero-order valence-electron chi connectivity index (χ0n) is 11.8. The number of halogens is 1. The van der Waals surface area contributed by atoms with E-state index in [0.717, 1.165) is 0 Å². The minimum absolute atomic E-state index is 0.206. The van der Waals surface area contributed by atoms with Crippen LogP contribution in [0, 0.1) is 5.82 Å². The van der Waals surface area contributed by atoms with Crippen molar-refractivity contribution in [3.63, 3.8) is 0 Å². The Balaban J connectivity index is 3.19. The van der Waals surface area contributed by atoms with Crippen LogP contribution in [0.25, 0.3) is 0 Å². The molecule has 3 unspecified atom stereocenters. The summed E-state index contributed by atoms with van der Waals surface area (Å²) in [5.74, 6) is -0.505. The summed E-state index contributed by atoms with van der Waals surface area (Å²) >= 11 is 0. The van der Waals surface area contributed by atoms with Gasteiger partial charge in [0.15, 0.2) is 6.29 Å². The fraction of sp³-hybridized carbons (Fsp3) is 0.500. The molecule has 0 saturated heterocycles. The zero-order chi connectivity index (χ0) is 15.2. The molecule has 0 spiro atoms. The molecule has 0 heterocycles. The largest absolute Gasteiger partial charge is 0.372 e. The molecule has 1 aromatic carbocycles. The number of ether oxygens (including phenoxy) is 2. The van der Waals surface area contributed by atoms with Gasteiger partial charge in [0, 0.05) is 19.3 Å². The quantitative estimate of drug-likeness (QED) is 0.554. The van der Waals surface area contributed by atoms with E-state index in [-0.39, 0.29) is 12.2 Å². The summed E-state index contributed by atoms with van der Waals surface area (Å²) in [7, 11) is 1.34. The third kappa shape index (κ3) is 3.61. The monoisotopic (exact) mass is 285 g/mol. The minimum atomic E-state index is -1.35. The van der Waals surface area contributed by atoms with Crippen LogP contribution >= 0.6 is 0 Å². The molecule has 0 aromatic heterocycles. The van der Waals surface area contributed by atoms with Crippen LogP contribution in [0.2, 0.25) is 0 Å².